The van der Waals surface area contributed by atoms with E-state index in [0.29, 0.717) is 0 Å². The molecule has 2 rings (SSSR count). The molecular weight excluding hydrogens is 364 g/mol. The van der Waals surface area contributed by atoms with Crippen molar-refractivity contribution in [3.8, 4) is 11.5 Å². The Morgan fingerprint density at radius 3 is 2.50 bits per heavy atom. The Morgan fingerprint density at radius 1 is 1.28 bits per heavy atom. The Kier molecular flexibility index (Phi) is 4.92. The number of rotatable bonds is 4. The summed E-state index contributed by atoms with van der Waals surface area (Å²) in [6.07, 6.45) is 2.42. The fourth-order valence-corrected chi connectivity index (χ4v) is 3.79. The molecule has 1 aromatic carbocycles. The molecule has 1 aromatic rings. The lowest BCUT2D eigenvalue weighted by Gasteiger charge is -2.20. The highest BCUT2D eigenvalue weighted by Gasteiger charge is 2.27. The standard InChI is InChI=1S/C13H16Br2O3/c1-16-11-6-8(9(14)7-12(11)17-2)13(15)10-4-3-5-18-10/h6-7,10,13H,3-5H2,1-2H3. The summed E-state index contributed by atoms with van der Waals surface area (Å²) < 4.78 is 17.3. The third kappa shape index (κ3) is 2.83. The highest BCUT2D eigenvalue weighted by atomic mass is 79.9. The molecule has 1 aliphatic heterocycles. The maximum absolute atomic E-state index is 5.71. The second-order valence-corrected chi connectivity index (χ2v) is 6.02. The van der Waals surface area contributed by atoms with Gasteiger partial charge in [-0.2, -0.15) is 0 Å². The van der Waals surface area contributed by atoms with Gasteiger partial charge < -0.3 is 14.2 Å². The second kappa shape index (κ2) is 6.26. The van der Waals surface area contributed by atoms with Crippen molar-refractivity contribution in [3.05, 3.63) is 22.2 Å². The van der Waals surface area contributed by atoms with Gasteiger partial charge in [0.15, 0.2) is 11.5 Å². The number of hydrogen-bond acceptors (Lipinski definition) is 3. The van der Waals surface area contributed by atoms with Crippen molar-refractivity contribution in [2.24, 2.45) is 0 Å². The molecule has 18 heavy (non-hydrogen) atoms. The predicted octanol–water partition coefficient (Wildman–Crippen LogP) is 4.08. The molecule has 0 saturated carbocycles. The van der Waals surface area contributed by atoms with Crippen molar-refractivity contribution in [3.63, 3.8) is 0 Å². The minimum Gasteiger partial charge on any atom is -0.493 e. The summed E-state index contributed by atoms with van der Waals surface area (Å²) in [5, 5.41) is 0. The zero-order valence-corrected chi connectivity index (χ0v) is 13.6. The van der Waals surface area contributed by atoms with Crippen LogP contribution in [0.5, 0.6) is 11.5 Å². The highest BCUT2D eigenvalue weighted by molar-refractivity contribution is 9.11. The first-order valence-electron chi connectivity index (χ1n) is 5.84. The van der Waals surface area contributed by atoms with Crippen LogP contribution in [-0.4, -0.2) is 26.9 Å². The molecule has 1 aliphatic rings. The molecule has 1 saturated heterocycles. The normalized spacial score (nSPS) is 20.8. The van der Waals surface area contributed by atoms with Crippen LogP contribution < -0.4 is 9.47 Å². The van der Waals surface area contributed by atoms with Crippen LogP contribution in [-0.2, 0) is 4.74 Å². The van der Waals surface area contributed by atoms with Gasteiger partial charge >= 0.3 is 0 Å². The SMILES string of the molecule is COc1cc(Br)c(C(Br)C2CCCO2)cc1OC. The van der Waals surface area contributed by atoms with E-state index in [9.17, 15) is 0 Å². The Labute approximate surface area is 124 Å². The van der Waals surface area contributed by atoms with Crippen LogP contribution >= 0.6 is 31.9 Å². The minimum absolute atomic E-state index is 0.161. The van der Waals surface area contributed by atoms with Crippen LogP contribution in [0.1, 0.15) is 23.2 Å². The average molecular weight is 380 g/mol. The Balaban J connectivity index is 2.31. The van der Waals surface area contributed by atoms with Gasteiger partial charge in [0, 0.05) is 11.1 Å². The van der Waals surface area contributed by atoms with Crippen LogP contribution in [0.25, 0.3) is 0 Å². The summed E-state index contributed by atoms with van der Waals surface area (Å²) in [7, 11) is 3.28. The molecule has 0 amide bonds. The van der Waals surface area contributed by atoms with Crippen LogP contribution in [0, 0.1) is 0 Å². The summed E-state index contributed by atoms with van der Waals surface area (Å²) in [5.74, 6) is 1.46. The third-order valence-electron chi connectivity index (χ3n) is 3.09. The molecule has 0 spiro atoms. The molecule has 0 radical (unpaired) electrons. The smallest absolute Gasteiger partial charge is 0.161 e. The third-order valence-corrected chi connectivity index (χ3v) is 4.86. The Hall–Kier alpha value is -0.260. The average Bonchev–Trinajstić information content (AvgIpc) is 2.91. The Morgan fingerprint density at radius 2 is 1.94 bits per heavy atom. The topological polar surface area (TPSA) is 27.7 Å². The van der Waals surface area contributed by atoms with E-state index in [1.165, 1.54) is 0 Å². The van der Waals surface area contributed by atoms with Crippen molar-refractivity contribution in [1.29, 1.82) is 0 Å². The van der Waals surface area contributed by atoms with E-state index in [1.54, 1.807) is 14.2 Å². The first-order valence-corrected chi connectivity index (χ1v) is 7.55. The molecule has 2 unspecified atom stereocenters. The number of methoxy groups -OCH3 is 2. The summed E-state index contributed by atoms with van der Waals surface area (Å²) in [4.78, 5) is 0.161. The summed E-state index contributed by atoms with van der Waals surface area (Å²) in [5.41, 5.74) is 1.12. The van der Waals surface area contributed by atoms with E-state index in [2.05, 4.69) is 31.9 Å². The zero-order chi connectivity index (χ0) is 13.1. The van der Waals surface area contributed by atoms with E-state index in [1.807, 2.05) is 12.1 Å². The van der Waals surface area contributed by atoms with Gasteiger partial charge in [-0.25, -0.2) is 0 Å². The van der Waals surface area contributed by atoms with Crippen molar-refractivity contribution < 1.29 is 14.2 Å². The molecule has 0 bridgehead atoms. The molecule has 1 fully saturated rings. The molecule has 0 aromatic heterocycles. The molecule has 0 N–H and O–H groups in total. The number of alkyl halides is 1. The Bertz CT molecular complexity index is 417. The van der Waals surface area contributed by atoms with Crippen molar-refractivity contribution in [2.75, 3.05) is 20.8 Å². The summed E-state index contributed by atoms with van der Waals surface area (Å²) in [6, 6.07) is 3.92. The number of ether oxygens (including phenoxy) is 3. The lowest BCUT2D eigenvalue weighted by atomic mass is 10.0. The quantitative estimate of drug-likeness (QED) is 0.737. The van der Waals surface area contributed by atoms with E-state index < -0.39 is 0 Å². The predicted molar refractivity (Wildman–Crippen MR) is 77.9 cm³/mol. The fraction of sp³-hybridized carbons (Fsp3) is 0.538. The number of hydrogen-bond donors (Lipinski definition) is 0. The molecular formula is C13H16Br2O3. The van der Waals surface area contributed by atoms with Gasteiger partial charge in [-0.15, -0.1) is 0 Å². The van der Waals surface area contributed by atoms with Crippen molar-refractivity contribution >= 4 is 31.9 Å². The molecule has 2 atom stereocenters. The van der Waals surface area contributed by atoms with E-state index in [-0.39, 0.29) is 10.9 Å². The molecule has 5 heteroatoms. The van der Waals surface area contributed by atoms with Crippen LogP contribution in [0.3, 0.4) is 0 Å². The van der Waals surface area contributed by atoms with Crippen molar-refractivity contribution in [1.82, 2.24) is 0 Å². The molecule has 0 aliphatic carbocycles. The van der Waals surface area contributed by atoms with Gasteiger partial charge in [0.05, 0.1) is 25.2 Å². The number of halogens is 2. The van der Waals surface area contributed by atoms with Gasteiger partial charge in [0.2, 0.25) is 0 Å². The lowest BCUT2D eigenvalue weighted by molar-refractivity contribution is 0.110. The monoisotopic (exact) mass is 378 g/mol. The summed E-state index contributed by atoms with van der Waals surface area (Å²) in [6.45, 7) is 0.845. The first-order chi connectivity index (χ1) is 8.67. The first kappa shape index (κ1) is 14.2. The molecule has 1 heterocycles. The largest absolute Gasteiger partial charge is 0.493 e. The van der Waals surface area contributed by atoms with Gasteiger partial charge in [0.1, 0.15) is 0 Å². The van der Waals surface area contributed by atoms with Gasteiger partial charge in [-0.1, -0.05) is 31.9 Å². The minimum atomic E-state index is 0.161. The molecule has 100 valence electrons. The highest BCUT2D eigenvalue weighted by Crippen LogP contribution is 2.42. The zero-order valence-electron chi connectivity index (χ0n) is 10.4. The van der Waals surface area contributed by atoms with E-state index >= 15 is 0 Å². The van der Waals surface area contributed by atoms with Crippen LogP contribution in [0.2, 0.25) is 0 Å². The molecule has 3 nitrogen and oxygen atoms in total. The lowest BCUT2D eigenvalue weighted by Crippen LogP contribution is -2.13. The fourth-order valence-electron chi connectivity index (χ4n) is 2.11. The van der Waals surface area contributed by atoms with Crippen molar-refractivity contribution in [2.45, 2.75) is 23.8 Å². The maximum atomic E-state index is 5.71. The van der Waals surface area contributed by atoms with Gasteiger partial charge in [-0.05, 0) is 30.5 Å². The van der Waals surface area contributed by atoms with Crippen LogP contribution in [0.15, 0.2) is 16.6 Å². The number of benzene rings is 1. The maximum Gasteiger partial charge on any atom is 0.161 e. The van der Waals surface area contributed by atoms with Crippen LogP contribution in [0.4, 0.5) is 0 Å². The van der Waals surface area contributed by atoms with Gasteiger partial charge in [-0.3, -0.25) is 0 Å². The second-order valence-electron chi connectivity index (χ2n) is 4.18. The summed E-state index contributed by atoms with van der Waals surface area (Å²) >= 11 is 7.30. The van der Waals surface area contributed by atoms with E-state index in [4.69, 9.17) is 14.2 Å². The van der Waals surface area contributed by atoms with E-state index in [0.717, 1.165) is 41.0 Å². The van der Waals surface area contributed by atoms with Gasteiger partial charge in [0.25, 0.3) is 0 Å².